The first-order valence-corrected chi connectivity index (χ1v) is 16.1. The number of ether oxygens (including phenoxy) is 1. The number of hydrazine groups is 1. The third-order valence-corrected chi connectivity index (χ3v) is 10.8. The zero-order valence-electron chi connectivity index (χ0n) is 26.1. The quantitative estimate of drug-likeness (QED) is 0.186. The number of para-hydroxylation sites is 1. The summed E-state index contributed by atoms with van der Waals surface area (Å²) >= 11 is 12.4. The van der Waals surface area contributed by atoms with Crippen LogP contribution in [0.1, 0.15) is 35.4 Å². The van der Waals surface area contributed by atoms with E-state index in [0.717, 1.165) is 13.2 Å². The Morgan fingerprint density at radius 2 is 1.75 bits per heavy atom. The molecule has 0 radical (unpaired) electrons. The summed E-state index contributed by atoms with van der Waals surface area (Å²) in [5.41, 5.74) is -0.316. The molecule has 2 N–H and O–H groups in total. The molecule has 6 atom stereocenters. The summed E-state index contributed by atoms with van der Waals surface area (Å²) in [6, 6.07) is 10.1. The van der Waals surface area contributed by atoms with E-state index in [-0.39, 0.29) is 29.0 Å². The number of nitrogens with one attached hydrogen (secondary N) is 1. The molecule has 17 heteroatoms. The van der Waals surface area contributed by atoms with E-state index >= 15 is 9.18 Å². The van der Waals surface area contributed by atoms with Crippen molar-refractivity contribution in [1.82, 2.24) is 14.9 Å². The number of hydrogen-bond donors (Lipinski definition) is 2. The Hall–Kier alpha value is -5.02. The van der Waals surface area contributed by atoms with Crippen LogP contribution in [0.2, 0.25) is 10.0 Å². The predicted octanol–water partition coefficient (Wildman–Crippen LogP) is 6.00. The fourth-order valence-corrected chi connectivity index (χ4v) is 8.50. The number of imide groups is 4. The molecule has 7 rings (SSSR count). The summed E-state index contributed by atoms with van der Waals surface area (Å²) in [5.74, 6) is -11.9. The number of hydrogen-bond acceptors (Lipinski definition) is 9. The highest BCUT2D eigenvalue weighted by Gasteiger charge is 2.71. The zero-order valence-corrected chi connectivity index (χ0v) is 27.6. The molecule has 11 nitrogen and oxygen atoms in total. The first kappa shape index (κ1) is 34.4. The Bertz CT molecular complexity index is 2080. The summed E-state index contributed by atoms with van der Waals surface area (Å²) in [5, 5.41) is 11.5. The lowest BCUT2D eigenvalue weighted by Crippen LogP contribution is -2.53. The molecule has 0 unspecified atom stereocenters. The van der Waals surface area contributed by atoms with Gasteiger partial charge < -0.3 is 9.84 Å². The molecule has 1 saturated carbocycles. The van der Waals surface area contributed by atoms with E-state index in [9.17, 15) is 37.5 Å². The highest BCUT2D eigenvalue weighted by atomic mass is 35.5. The standard InChI is InChI=1S/C34H24Cl2F4N4O7/c1-51-32(50)43-28(46)18-10-9-17-20(24(18)30(43)48)12-21-29(47)44(42-27-22(36)11-15(13-41-27)34(38,39)40)31(49)33(21,14-5-7-16(35)8-6-14)25(17)19-3-2-4-23(37)26(19)45/h2-9,11,13,18,20-21,24-25,45H,10,12H2,1H3,(H,41,42)/t18-,20+,21-,24-,25+,33+/m0/s1. The fourth-order valence-electron chi connectivity index (χ4n) is 8.16. The number of benzene rings is 2. The molecule has 2 saturated heterocycles. The Kier molecular flexibility index (Phi) is 8.13. The highest BCUT2D eigenvalue weighted by Crippen LogP contribution is 2.65. The number of halogens is 6. The molecule has 3 heterocycles. The van der Waals surface area contributed by atoms with Crippen LogP contribution in [0.25, 0.3) is 0 Å². The number of alkyl halides is 3. The number of nitrogens with zero attached hydrogens (tertiary/aromatic N) is 3. The van der Waals surface area contributed by atoms with Gasteiger partial charge in [-0.1, -0.05) is 59.1 Å². The molecule has 2 aromatic carbocycles. The van der Waals surface area contributed by atoms with Crippen LogP contribution in [-0.4, -0.2) is 56.8 Å². The number of carbonyl (C=O) groups excluding carboxylic acids is 5. The van der Waals surface area contributed by atoms with Crippen molar-refractivity contribution in [2.75, 3.05) is 12.5 Å². The second-order valence-electron chi connectivity index (χ2n) is 12.6. The molecule has 0 bridgehead atoms. The number of pyridine rings is 1. The SMILES string of the molecule is COC(=O)N1C(=O)[C@H]2[C@H](CC=C3[C@H]2C[C@H]2C(=O)N(Nc4ncc(C(F)(F)F)cc4Cl)C(=O)[C@@]2(c2ccc(Cl)cc2)[C@H]3c2cccc(F)c2O)C1=O. The number of aromatic nitrogens is 1. The second-order valence-corrected chi connectivity index (χ2v) is 13.4. The van der Waals surface area contributed by atoms with E-state index in [1.165, 1.54) is 36.4 Å². The van der Waals surface area contributed by atoms with Gasteiger partial charge in [-0.2, -0.15) is 23.1 Å². The predicted molar refractivity (Wildman–Crippen MR) is 169 cm³/mol. The largest absolute Gasteiger partial charge is 0.505 e. The van der Waals surface area contributed by atoms with Gasteiger partial charge in [0.2, 0.25) is 11.8 Å². The Balaban J connectivity index is 1.45. The van der Waals surface area contributed by atoms with E-state index in [4.69, 9.17) is 23.2 Å². The molecular weight excluding hydrogens is 723 g/mol. The summed E-state index contributed by atoms with van der Waals surface area (Å²) < 4.78 is 59.9. The molecule has 2 aliphatic carbocycles. The van der Waals surface area contributed by atoms with Crippen LogP contribution in [0.15, 0.2) is 66.4 Å². The van der Waals surface area contributed by atoms with Crippen LogP contribution in [0.4, 0.5) is 28.2 Å². The Morgan fingerprint density at radius 3 is 2.39 bits per heavy atom. The molecule has 264 valence electrons. The average molecular weight is 747 g/mol. The van der Waals surface area contributed by atoms with E-state index in [2.05, 4.69) is 15.1 Å². The van der Waals surface area contributed by atoms with Crippen LogP contribution >= 0.6 is 23.2 Å². The second kappa shape index (κ2) is 12.0. The van der Waals surface area contributed by atoms with E-state index < -0.39 is 98.9 Å². The third kappa shape index (κ3) is 4.99. The van der Waals surface area contributed by atoms with Crippen molar-refractivity contribution in [3.05, 3.63) is 98.9 Å². The smallest absolute Gasteiger partial charge is 0.423 e. The maximum Gasteiger partial charge on any atom is 0.423 e. The topological polar surface area (TPSA) is 146 Å². The first-order valence-electron chi connectivity index (χ1n) is 15.4. The maximum absolute atomic E-state index is 15.2. The Labute approximate surface area is 295 Å². The lowest BCUT2D eigenvalue weighted by Gasteiger charge is -2.50. The fraction of sp³-hybridized carbons (Fsp3) is 0.294. The summed E-state index contributed by atoms with van der Waals surface area (Å²) in [4.78, 5) is 73.4. The number of methoxy groups -OCH3 is 1. The van der Waals surface area contributed by atoms with E-state index in [1.54, 1.807) is 6.08 Å². The number of allylic oxidation sites excluding steroid dienone is 2. The average Bonchev–Trinajstić information content (AvgIpc) is 3.47. The van der Waals surface area contributed by atoms with Gasteiger partial charge in [0.15, 0.2) is 17.4 Å². The van der Waals surface area contributed by atoms with E-state index in [1.807, 2.05) is 0 Å². The molecule has 5 amide bonds. The number of phenols is 1. The van der Waals surface area contributed by atoms with Crippen molar-refractivity contribution in [3.8, 4) is 5.75 Å². The third-order valence-electron chi connectivity index (χ3n) is 10.2. The lowest BCUT2D eigenvalue weighted by atomic mass is 9.49. The molecule has 0 spiro atoms. The van der Waals surface area contributed by atoms with Crippen molar-refractivity contribution in [3.63, 3.8) is 0 Å². The lowest BCUT2D eigenvalue weighted by molar-refractivity contribution is -0.140. The molecule has 3 aromatic rings. The van der Waals surface area contributed by atoms with Crippen LogP contribution in [-0.2, 0) is 35.5 Å². The van der Waals surface area contributed by atoms with Crippen LogP contribution in [0.5, 0.6) is 5.75 Å². The number of aromatic hydroxyl groups is 1. The van der Waals surface area contributed by atoms with Crippen molar-refractivity contribution >= 4 is 58.7 Å². The molecular formula is C34H24Cl2F4N4O7. The monoisotopic (exact) mass is 746 g/mol. The number of likely N-dealkylation sites (tertiary alicyclic amines) is 1. The van der Waals surface area contributed by atoms with Gasteiger partial charge in [-0.25, -0.2) is 14.2 Å². The Morgan fingerprint density at radius 1 is 1.04 bits per heavy atom. The minimum Gasteiger partial charge on any atom is -0.505 e. The summed E-state index contributed by atoms with van der Waals surface area (Å²) in [6.45, 7) is 0. The molecule has 51 heavy (non-hydrogen) atoms. The molecule has 2 aliphatic heterocycles. The number of carbonyl (C=O) groups is 5. The maximum atomic E-state index is 15.2. The number of rotatable bonds is 4. The van der Waals surface area contributed by atoms with Crippen LogP contribution < -0.4 is 5.43 Å². The number of anilines is 1. The van der Waals surface area contributed by atoms with Gasteiger partial charge in [0.1, 0.15) is 0 Å². The number of fused-ring (bicyclic) bond motifs is 4. The minimum atomic E-state index is -4.80. The van der Waals surface area contributed by atoms with Gasteiger partial charge in [-0.15, -0.1) is 0 Å². The highest BCUT2D eigenvalue weighted by molar-refractivity contribution is 6.33. The number of phenolic OH excluding ortho intramolecular Hbond substituents is 1. The molecule has 4 aliphatic rings. The van der Waals surface area contributed by atoms with Crippen molar-refractivity contribution in [2.45, 2.75) is 30.4 Å². The summed E-state index contributed by atoms with van der Waals surface area (Å²) in [6.07, 6.45) is -4.28. The zero-order chi connectivity index (χ0) is 36.7. The van der Waals surface area contributed by atoms with Crippen LogP contribution in [0, 0.1) is 29.5 Å². The van der Waals surface area contributed by atoms with Gasteiger partial charge in [0.05, 0.1) is 40.9 Å². The van der Waals surface area contributed by atoms with Crippen molar-refractivity contribution < 1.29 is 51.4 Å². The van der Waals surface area contributed by atoms with Crippen molar-refractivity contribution in [1.29, 1.82) is 0 Å². The normalized spacial score (nSPS) is 27.2. The van der Waals surface area contributed by atoms with Crippen molar-refractivity contribution in [2.24, 2.45) is 23.7 Å². The van der Waals surface area contributed by atoms with E-state index in [0.29, 0.717) is 27.7 Å². The summed E-state index contributed by atoms with van der Waals surface area (Å²) in [7, 11) is 1.00. The first-order chi connectivity index (χ1) is 24.1. The van der Waals surface area contributed by atoms with Gasteiger partial charge >= 0.3 is 12.3 Å². The number of amides is 5. The van der Waals surface area contributed by atoms with Gasteiger partial charge in [-0.05, 0) is 48.6 Å². The van der Waals surface area contributed by atoms with Gasteiger partial charge in [-0.3, -0.25) is 24.6 Å². The molecule has 3 fully saturated rings. The molecule has 1 aromatic heterocycles. The van der Waals surface area contributed by atoms with Gasteiger partial charge in [0.25, 0.3) is 11.8 Å². The van der Waals surface area contributed by atoms with Gasteiger partial charge in [0, 0.05) is 22.7 Å². The van der Waals surface area contributed by atoms with Crippen LogP contribution in [0.3, 0.4) is 0 Å². The minimum absolute atomic E-state index is 0.0856.